The first-order chi connectivity index (χ1) is 14.5. The van der Waals surface area contributed by atoms with Crippen molar-refractivity contribution in [1.82, 2.24) is 0 Å². The predicted molar refractivity (Wildman–Crippen MR) is 112 cm³/mol. The van der Waals surface area contributed by atoms with Crippen LogP contribution in [-0.4, -0.2) is 0 Å². The summed E-state index contributed by atoms with van der Waals surface area (Å²) in [6, 6.07) is 8.84. The minimum absolute atomic E-state index is 0.0857. The zero-order valence-electron chi connectivity index (χ0n) is 14.8. The lowest BCUT2D eigenvalue weighted by Gasteiger charge is -2.07. The van der Waals surface area contributed by atoms with E-state index in [4.69, 9.17) is 18.4 Å². The van der Waals surface area contributed by atoms with Crippen molar-refractivity contribution in [1.29, 1.82) is 10.5 Å². The van der Waals surface area contributed by atoms with Gasteiger partial charge in [0.15, 0.2) is 0 Å². The molecule has 0 aliphatic rings. The number of rotatable bonds is 1. The third-order valence-electron chi connectivity index (χ3n) is 4.53. The fourth-order valence-corrected chi connectivity index (χ4v) is 5.28. The topological polar surface area (TPSA) is 56.3 Å². The predicted octanol–water partition coefficient (Wildman–Crippen LogP) is 4.89. The van der Waals surface area contributed by atoms with Crippen molar-refractivity contribution < 1.29 is 8.78 Å². The van der Waals surface area contributed by atoms with Gasteiger partial charge in [-0.15, -0.1) is 22.7 Å². The molecule has 0 bridgehead atoms. The van der Waals surface area contributed by atoms with Gasteiger partial charge in [-0.25, -0.2) is 23.7 Å². The van der Waals surface area contributed by atoms with Gasteiger partial charge in [0.05, 0.1) is 36.4 Å². The molecule has 0 unspecified atom stereocenters. The van der Waals surface area contributed by atoms with Crippen LogP contribution in [0.25, 0.3) is 41.3 Å². The van der Waals surface area contributed by atoms with Gasteiger partial charge in [-0.3, -0.25) is 0 Å². The maximum Gasteiger partial charge on any atom is 0.271 e. The quantitative estimate of drug-likeness (QED) is 0.405. The van der Waals surface area contributed by atoms with Crippen LogP contribution in [0.3, 0.4) is 0 Å². The van der Waals surface area contributed by atoms with E-state index in [1.54, 1.807) is 29.0 Å². The van der Waals surface area contributed by atoms with Crippen LogP contribution in [0.2, 0.25) is 0 Å². The van der Waals surface area contributed by atoms with E-state index >= 15 is 0 Å². The van der Waals surface area contributed by atoms with Crippen molar-refractivity contribution in [3.8, 4) is 12.1 Å². The minimum Gasteiger partial charge on any atom is -0.237 e. The zero-order chi connectivity index (χ0) is 21.4. The lowest BCUT2D eigenvalue weighted by Crippen LogP contribution is -2.16. The highest BCUT2D eigenvalue weighted by atomic mass is 32.1. The standard InChI is InChI=1S/C22H6F2N4S2/c1-27-16(10-26)17-12-3-5-30-22(12)18(13-4-6-29-21(13)17)20(28-2)19-14(23)7-11(9-25)8-15(19)24/h3-8H/b17-16-,20-18+. The molecule has 2 aromatic carbocycles. The molecule has 140 valence electrons. The molecule has 0 aliphatic heterocycles. The summed E-state index contributed by atoms with van der Waals surface area (Å²) in [6.45, 7) is 15.0. The van der Waals surface area contributed by atoms with Gasteiger partial charge in [-0.1, -0.05) is 0 Å². The Hall–Kier alpha value is -4.08. The molecule has 0 fully saturated rings. The molecule has 4 nitrogen and oxygen atoms in total. The van der Waals surface area contributed by atoms with Crippen molar-refractivity contribution in [3.63, 3.8) is 0 Å². The van der Waals surface area contributed by atoms with Gasteiger partial charge >= 0.3 is 0 Å². The van der Waals surface area contributed by atoms with Crippen LogP contribution in [0, 0.1) is 47.4 Å². The van der Waals surface area contributed by atoms with Crippen LogP contribution in [0.4, 0.5) is 8.78 Å². The van der Waals surface area contributed by atoms with E-state index in [2.05, 4.69) is 9.69 Å². The van der Waals surface area contributed by atoms with Gasteiger partial charge < -0.3 is 0 Å². The Balaban J connectivity index is 2.36. The molecular formula is C22H6F2N4S2. The van der Waals surface area contributed by atoms with Crippen LogP contribution < -0.4 is 10.4 Å². The second-order valence-electron chi connectivity index (χ2n) is 6.04. The minimum atomic E-state index is -1.000. The molecule has 0 spiro atoms. The molecule has 2 aromatic heterocycles. The number of benzene rings is 2. The summed E-state index contributed by atoms with van der Waals surface area (Å²) in [7, 11) is 0. The number of nitrogens with zero attached hydrogens (tertiary/aromatic N) is 4. The van der Waals surface area contributed by atoms with E-state index in [0.29, 0.717) is 30.6 Å². The smallest absolute Gasteiger partial charge is 0.237 e. The van der Waals surface area contributed by atoms with E-state index in [9.17, 15) is 14.0 Å². The fraction of sp³-hybridized carbons (Fsp3) is 0. The van der Waals surface area contributed by atoms with Crippen LogP contribution in [0.5, 0.6) is 0 Å². The Morgan fingerprint density at radius 3 is 1.97 bits per heavy atom. The molecule has 8 heteroatoms. The molecule has 4 aromatic rings. The Morgan fingerprint density at radius 1 is 0.900 bits per heavy atom. The number of hydrogen-bond acceptors (Lipinski definition) is 4. The average Bonchev–Trinajstić information content (AvgIpc) is 3.41. The SMILES string of the molecule is [C-]#[N+]/C(C#N)=c1/c2ccsc2/c(=C(/[N+]#[C-])c2c(F)cc(C#N)cc2F)c2ccsc12. The van der Waals surface area contributed by atoms with Crippen LogP contribution in [-0.2, 0) is 0 Å². The van der Waals surface area contributed by atoms with Crippen LogP contribution in [0.15, 0.2) is 35.0 Å². The molecule has 0 aliphatic carbocycles. The summed E-state index contributed by atoms with van der Waals surface area (Å²) < 4.78 is 30.7. The second kappa shape index (κ2) is 7.39. The number of fused-ring (bicyclic) bond motifs is 2. The van der Waals surface area contributed by atoms with Crippen molar-refractivity contribution in [2.45, 2.75) is 0 Å². The van der Waals surface area contributed by atoms with Crippen LogP contribution in [0.1, 0.15) is 11.1 Å². The summed E-state index contributed by atoms with van der Waals surface area (Å²) in [6.07, 6.45) is 0. The van der Waals surface area contributed by atoms with Crippen molar-refractivity contribution >= 4 is 54.2 Å². The monoisotopic (exact) mass is 428 g/mol. The lowest BCUT2D eigenvalue weighted by molar-refractivity contribution is 0.576. The number of nitriles is 2. The number of halogens is 2. The second-order valence-corrected chi connectivity index (χ2v) is 7.87. The first-order valence-corrected chi connectivity index (χ1v) is 10.0. The molecule has 0 saturated heterocycles. The largest absolute Gasteiger partial charge is 0.271 e. The van der Waals surface area contributed by atoms with E-state index in [1.807, 2.05) is 6.07 Å². The Bertz CT molecular complexity index is 1570. The van der Waals surface area contributed by atoms with Crippen molar-refractivity contribution in [2.75, 3.05) is 0 Å². The maximum atomic E-state index is 14.8. The van der Waals surface area contributed by atoms with Gasteiger partial charge in [-0.2, -0.15) is 5.26 Å². The first kappa shape index (κ1) is 19.2. The normalized spacial score (nSPS) is 12.6. The van der Waals surface area contributed by atoms with E-state index in [-0.39, 0.29) is 17.0 Å². The molecule has 0 saturated carbocycles. The highest BCUT2D eigenvalue weighted by Crippen LogP contribution is 2.28. The summed E-state index contributed by atoms with van der Waals surface area (Å²) >= 11 is 2.55. The summed E-state index contributed by atoms with van der Waals surface area (Å²) in [4.78, 5) is 6.80. The maximum absolute atomic E-state index is 14.8. The molecular weight excluding hydrogens is 422 g/mol. The molecule has 0 radical (unpaired) electrons. The first-order valence-electron chi connectivity index (χ1n) is 8.25. The average molecular weight is 428 g/mol. The van der Waals surface area contributed by atoms with E-state index in [0.717, 1.165) is 12.1 Å². The van der Waals surface area contributed by atoms with Crippen molar-refractivity contribution in [2.24, 2.45) is 0 Å². The Labute approximate surface area is 176 Å². The summed E-state index contributed by atoms with van der Waals surface area (Å²) in [5, 5.41) is 23.8. The van der Waals surface area contributed by atoms with Gasteiger partial charge in [0.1, 0.15) is 11.6 Å². The van der Waals surface area contributed by atoms with Crippen LogP contribution >= 0.6 is 22.7 Å². The highest BCUT2D eigenvalue weighted by molar-refractivity contribution is 7.18. The number of hydrogen-bond donors (Lipinski definition) is 0. The third kappa shape index (κ3) is 2.72. The zero-order valence-corrected chi connectivity index (χ0v) is 16.5. The van der Waals surface area contributed by atoms with E-state index < -0.39 is 17.2 Å². The fourth-order valence-electron chi connectivity index (χ4n) is 3.35. The van der Waals surface area contributed by atoms with Gasteiger partial charge in [0.2, 0.25) is 5.70 Å². The summed E-state index contributed by atoms with van der Waals surface area (Å²) in [5.74, 6) is -2.00. The molecule has 30 heavy (non-hydrogen) atoms. The molecule has 0 amide bonds. The number of thiophene rings is 2. The third-order valence-corrected chi connectivity index (χ3v) is 6.40. The molecule has 2 heterocycles. The lowest BCUT2D eigenvalue weighted by atomic mass is 10.0. The Morgan fingerprint density at radius 2 is 1.47 bits per heavy atom. The Kier molecular flexibility index (Phi) is 4.74. The van der Waals surface area contributed by atoms with E-state index in [1.165, 1.54) is 22.7 Å². The van der Waals surface area contributed by atoms with Gasteiger partial charge in [-0.05, 0) is 45.8 Å². The summed E-state index contributed by atoms with van der Waals surface area (Å²) in [5.41, 5.74) is -0.995. The highest BCUT2D eigenvalue weighted by Gasteiger charge is 2.21. The van der Waals surface area contributed by atoms with Gasteiger partial charge in [0, 0.05) is 19.8 Å². The molecule has 4 rings (SSSR count). The van der Waals surface area contributed by atoms with Crippen molar-refractivity contribution in [3.05, 3.63) is 91.1 Å². The van der Waals surface area contributed by atoms with Gasteiger partial charge in [0.25, 0.3) is 5.70 Å². The molecule has 0 N–H and O–H groups in total. The molecule has 0 atom stereocenters.